The first kappa shape index (κ1) is 10.9. The number of hydrogen-bond acceptors (Lipinski definition) is 1. The molecule has 72 valence electrons. The van der Waals surface area contributed by atoms with Crippen molar-refractivity contribution < 1.29 is 0 Å². The van der Waals surface area contributed by atoms with Crippen LogP contribution in [0.15, 0.2) is 42.4 Å². The zero-order chi connectivity index (χ0) is 10.1. The molecule has 0 spiro atoms. The zero-order valence-electron chi connectivity index (χ0n) is 6.93. The van der Waals surface area contributed by atoms with E-state index in [2.05, 4.69) is 59.9 Å². The largest absolute Gasteiger partial charge is 0.119 e. The maximum atomic E-state index is 3.57. The fourth-order valence-corrected chi connectivity index (χ4v) is 5.19. The van der Waals surface area contributed by atoms with Gasteiger partial charge in [0.05, 0.1) is 12.0 Å². The summed E-state index contributed by atoms with van der Waals surface area (Å²) in [6, 6.07) is 10.3. The van der Waals surface area contributed by atoms with Crippen LogP contribution in [0.4, 0.5) is 0 Å². The van der Waals surface area contributed by atoms with Crippen molar-refractivity contribution in [3.63, 3.8) is 0 Å². The highest BCUT2D eigenvalue weighted by Gasteiger charge is 2.13. The van der Waals surface area contributed by atoms with Gasteiger partial charge in [-0.1, -0.05) is 30.3 Å². The van der Waals surface area contributed by atoms with E-state index in [-0.39, 0.29) is 0 Å². The van der Waals surface area contributed by atoms with Crippen molar-refractivity contribution in [2.75, 3.05) is 0 Å². The van der Waals surface area contributed by atoms with E-state index in [0.717, 1.165) is 12.0 Å². The van der Waals surface area contributed by atoms with Gasteiger partial charge in [-0.15, -0.1) is 11.3 Å². The fourth-order valence-electron chi connectivity index (χ4n) is 1.20. The van der Waals surface area contributed by atoms with Gasteiger partial charge in [0.1, 0.15) is 0 Å². The number of halogens is 3. The molecule has 1 aromatic carbocycles. The Kier molecular flexibility index (Phi) is 3.47. The molecule has 0 aliphatic carbocycles. The lowest BCUT2D eigenvalue weighted by Gasteiger charge is -1.99. The van der Waals surface area contributed by atoms with E-state index in [1.807, 2.05) is 18.2 Å². The molecule has 0 saturated carbocycles. The molecule has 0 saturated heterocycles. The summed E-state index contributed by atoms with van der Waals surface area (Å²) in [6.45, 7) is 0. The van der Waals surface area contributed by atoms with Crippen LogP contribution in [0.2, 0.25) is 0 Å². The fraction of sp³-hybridized carbons (Fsp3) is 0. The number of benzene rings is 1. The van der Waals surface area contributed by atoms with Crippen molar-refractivity contribution in [3.05, 3.63) is 42.4 Å². The predicted molar refractivity (Wildman–Crippen MR) is 72.9 cm³/mol. The molecule has 2 rings (SSSR count). The first-order valence-corrected chi connectivity index (χ1v) is 7.08. The van der Waals surface area contributed by atoms with Crippen molar-refractivity contribution in [2.24, 2.45) is 0 Å². The summed E-state index contributed by atoms with van der Waals surface area (Å²) >= 11 is 12.3. The second-order valence-corrected chi connectivity index (χ2v) is 7.15. The van der Waals surface area contributed by atoms with Crippen LogP contribution in [-0.2, 0) is 0 Å². The minimum atomic E-state index is 1.11. The van der Waals surface area contributed by atoms with Gasteiger partial charge in [0.15, 0.2) is 0 Å². The zero-order valence-corrected chi connectivity index (χ0v) is 12.5. The topological polar surface area (TPSA) is 0 Å². The van der Waals surface area contributed by atoms with Gasteiger partial charge in [-0.2, -0.15) is 0 Å². The van der Waals surface area contributed by atoms with Crippen LogP contribution in [0.25, 0.3) is 11.1 Å². The van der Waals surface area contributed by atoms with Gasteiger partial charge in [-0.25, -0.2) is 0 Å². The van der Waals surface area contributed by atoms with Crippen LogP contribution in [0, 0.1) is 0 Å². The van der Waals surface area contributed by atoms with E-state index in [9.17, 15) is 0 Å². The molecule has 0 unspecified atom stereocenters. The van der Waals surface area contributed by atoms with E-state index in [1.54, 1.807) is 11.3 Å². The summed E-state index contributed by atoms with van der Waals surface area (Å²) < 4.78 is 3.37. The Morgan fingerprint density at radius 1 is 0.857 bits per heavy atom. The number of hydrogen-bond donors (Lipinski definition) is 0. The smallest absolute Gasteiger partial charge is 0.0858 e. The summed E-state index contributed by atoms with van der Waals surface area (Å²) in [5, 5.41) is 0. The standard InChI is InChI=1S/C10H5Br3S/c11-8-7(9(12)14-10(8)13)6-4-2-1-3-5-6/h1-5H. The molecule has 4 heteroatoms. The van der Waals surface area contributed by atoms with Crippen LogP contribution in [-0.4, -0.2) is 0 Å². The van der Waals surface area contributed by atoms with Gasteiger partial charge in [0.25, 0.3) is 0 Å². The molecular formula is C10H5Br3S. The molecule has 0 fully saturated rings. The summed E-state index contributed by atoms with van der Waals surface area (Å²) in [7, 11) is 0. The molecule has 2 aromatic rings. The van der Waals surface area contributed by atoms with Gasteiger partial charge in [-0.05, 0) is 53.4 Å². The Hall–Kier alpha value is 0.360. The third-order valence-electron chi connectivity index (χ3n) is 1.83. The van der Waals surface area contributed by atoms with Crippen molar-refractivity contribution in [1.29, 1.82) is 0 Å². The number of rotatable bonds is 1. The molecule has 14 heavy (non-hydrogen) atoms. The molecular weight excluding hydrogens is 392 g/mol. The molecule has 0 radical (unpaired) electrons. The maximum Gasteiger partial charge on any atom is 0.0858 e. The first-order valence-electron chi connectivity index (χ1n) is 3.89. The van der Waals surface area contributed by atoms with Crippen molar-refractivity contribution in [2.45, 2.75) is 0 Å². The van der Waals surface area contributed by atoms with Gasteiger partial charge in [-0.3, -0.25) is 0 Å². The Morgan fingerprint density at radius 3 is 2.00 bits per heavy atom. The monoisotopic (exact) mass is 394 g/mol. The summed E-state index contributed by atoms with van der Waals surface area (Å²) in [4.78, 5) is 0. The van der Waals surface area contributed by atoms with E-state index in [4.69, 9.17) is 0 Å². The summed E-state index contributed by atoms with van der Waals surface area (Å²) in [5.74, 6) is 0. The summed E-state index contributed by atoms with van der Waals surface area (Å²) in [5.41, 5.74) is 2.43. The lowest BCUT2D eigenvalue weighted by atomic mass is 10.1. The molecule has 0 N–H and O–H groups in total. The second-order valence-electron chi connectivity index (χ2n) is 2.70. The molecule has 0 bridgehead atoms. The highest BCUT2D eigenvalue weighted by molar-refractivity contribution is 9.14. The number of thiophene rings is 1. The molecule has 0 nitrogen and oxygen atoms in total. The van der Waals surface area contributed by atoms with E-state index in [1.165, 1.54) is 11.1 Å². The van der Waals surface area contributed by atoms with Crippen molar-refractivity contribution in [1.82, 2.24) is 0 Å². The Balaban J connectivity index is 2.62. The van der Waals surface area contributed by atoms with Crippen LogP contribution < -0.4 is 0 Å². The van der Waals surface area contributed by atoms with Gasteiger partial charge in [0.2, 0.25) is 0 Å². The normalized spacial score (nSPS) is 10.5. The highest BCUT2D eigenvalue weighted by atomic mass is 79.9. The van der Waals surface area contributed by atoms with Crippen molar-refractivity contribution in [3.8, 4) is 11.1 Å². The predicted octanol–water partition coefficient (Wildman–Crippen LogP) is 5.70. The average molecular weight is 397 g/mol. The lowest BCUT2D eigenvalue weighted by molar-refractivity contribution is 1.64. The Morgan fingerprint density at radius 2 is 1.50 bits per heavy atom. The Bertz CT molecular complexity index is 448. The molecule has 0 aliphatic rings. The second kappa shape index (κ2) is 4.47. The van der Waals surface area contributed by atoms with Gasteiger partial charge < -0.3 is 0 Å². The van der Waals surface area contributed by atoms with Gasteiger partial charge in [0, 0.05) is 5.56 Å². The van der Waals surface area contributed by atoms with Crippen LogP contribution in [0.1, 0.15) is 0 Å². The Labute approximate surface area is 112 Å². The minimum absolute atomic E-state index is 1.11. The first-order chi connectivity index (χ1) is 6.70. The van der Waals surface area contributed by atoms with Crippen LogP contribution in [0.3, 0.4) is 0 Å². The average Bonchev–Trinajstić information content (AvgIpc) is 2.43. The molecule has 0 atom stereocenters. The van der Waals surface area contributed by atoms with Crippen molar-refractivity contribution >= 4 is 59.1 Å². The third kappa shape index (κ3) is 1.98. The molecule has 0 amide bonds. The molecule has 0 aliphatic heterocycles. The van der Waals surface area contributed by atoms with E-state index >= 15 is 0 Å². The van der Waals surface area contributed by atoms with E-state index < -0.39 is 0 Å². The maximum absolute atomic E-state index is 3.57. The molecule has 1 aromatic heterocycles. The lowest BCUT2D eigenvalue weighted by Crippen LogP contribution is -1.74. The minimum Gasteiger partial charge on any atom is -0.119 e. The highest BCUT2D eigenvalue weighted by Crippen LogP contribution is 2.46. The molecule has 1 heterocycles. The van der Waals surface area contributed by atoms with Crippen LogP contribution >= 0.6 is 59.1 Å². The third-order valence-corrected chi connectivity index (χ3v) is 5.95. The van der Waals surface area contributed by atoms with Crippen LogP contribution in [0.5, 0.6) is 0 Å². The quantitative estimate of drug-likeness (QED) is 0.579. The van der Waals surface area contributed by atoms with E-state index in [0.29, 0.717) is 0 Å². The SMILES string of the molecule is Brc1sc(Br)c(-c2ccccc2)c1Br. The van der Waals surface area contributed by atoms with Gasteiger partial charge >= 0.3 is 0 Å². The summed E-state index contributed by atoms with van der Waals surface area (Å²) in [6.07, 6.45) is 0.